The molecule has 0 bridgehead atoms. The maximum Gasteiger partial charge on any atom is -1.00 e. The number of hydrogen-bond donors (Lipinski definition) is 0. The van der Waals surface area contributed by atoms with E-state index in [0.717, 1.165) is 15.2 Å². The third-order valence-electron chi connectivity index (χ3n) is 0.986. The van der Waals surface area contributed by atoms with Crippen LogP contribution in [0.4, 0.5) is 0 Å². The van der Waals surface area contributed by atoms with Gasteiger partial charge in [-0.15, -0.1) is 0 Å². The van der Waals surface area contributed by atoms with E-state index in [1.165, 1.54) is 23.4 Å². The van der Waals surface area contributed by atoms with E-state index in [-0.39, 0.29) is 24.0 Å². The molecule has 0 N–H and O–H groups in total. The first-order valence-electron chi connectivity index (χ1n) is 3.23. The Morgan fingerprint density at radius 3 is 1.62 bits per heavy atom. The zero-order chi connectivity index (χ0) is 5.54. The van der Waals surface area contributed by atoms with E-state index in [9.17, 15) is 0 Å². The van der Waals surface area contributed by atoms with Gasteiger partial charge in [0, 0.05) is 0 Å². The van der Waals surface area contributed by atoms with Crippen molar-refractivity contribution in [3.8, 4) is 0 Å². The first-order chi connectivity index (χ1) is 3.41. The molecule has 0 radical (unpaired) electrons. The van der Waals surface area contributed by atoms with Crippen LogP contribution in [-0.2, 0) is 0 Å². The van der Waals surface area contributed by atoms with Crippen LogP contribution >= 0.6 is 0 Å². The molecule has 0 fully saturated rings. The van der Waals surface area contributed by atoms with Crippen molar-refractivity contribution in [2.75, 3.05) is 0 Å². The molecule has 0 aliphatic rings. The van der Waals surface area contributed by atoms with Crippen LogP contribution in [0.5, 0.6) is 0 Å². The molecule has 2 heteroatoms. The van der Waals surface area contributed by atoms with E-state index in [0.29, 0.717) is 0 Å². The average molecular weight is 240 g/mol. The van der Waals surface area contributed by atoms with Gasteiger partial charge < -0.3 is 24.0 Å². The molecule has 0 aromatic heterocycles. The second kappa shape index (κ2) is 11.1. The van der Waals surface area contributed by atoms with Gasteiger partial charge in [0.2, 0.25) is 0 Å². The molecule has 48 valence electrons. The summed E-state index contributed by atoms with van der Waals surface area (Å²) in [7, 11) is 0. The molecule has 0 saturated heterocycles. The Labute approximate surface area is 76.2 Å². The van der Waals surface area contributed by atoms with Crippen LogP contribution in [0.25, 0.3) is 0 Å². The molecular weight excluding hydrogens is 226 g/mol. The van der Waals surface area contributed by atoms with Crippen molar-refractivity contribution < 1.29 is 24.0 Å². The minimum Gasteiger partial charge on any atom is -1.00 e. The predicted molar refractivity (Wildman–Crippen MR) is 35.9 cm³/mol. The zero-order valence-electron chi connectivity index (χ0n) is 5.78. The van der Waals surface area contributed by atoms with Crippen LogP contribution in [-0.4, -0.2) is 15.2 Å². The molecule has 0 heterocycles. The monoisotopic (exact) mass is 240 g/mol. The second-order valence-electron chi connectivity index (χ2n) is 1.87. The molecule has 0 aliphatic carbocycles. The van der Waals surface area contributed by atoms with E-state index >= 15 is 0 Å². The van der Waals surface area contributed by atoms with Crippen molar-refractivity contribution >= 4 is 15.2 Å². The van der Waals surface area contributed by atoms with E-state index in [4.69, 9.17) is 0 Å². The number of halogens is 1. The third-order valence-corrected chi connectivity index (χ3v) is 2.96. The molecule has 0 aromatic rings. The van der Waals surface area contributed by atoms with Crippen molar-refractivity contribution in [1.82, 2.24) is 0 Å². The van der Waals surface area contributed by atoms with Gasteiger partial charge in [0.05, 0.1) is 0 Å². The SMILES string of the molecule is CC[CH2][Al+][CH2]CC.[I-]. The number of hydrogen-bond acceptors (Lipinski definition) is 0. The summed E-state index contributed by atoms with van der Waals surface area (Å²) in [6.45, 7) is 4.53. The minimum atomic E-state index is 0. The molecule has 0 amide bonds. The Morgan fingerprint density at radius 2 is 1.38 bits per heavy atom. The summed E-state index contributed by atoms with van der Waals surface area (Å²) < 4.78 is 0. The van der Waals surface area contributed by atoms with Crippen LogP contribution in [0.1, 0.15) is 26.7 Å². The Morgan fingerprint density at radius 1 is 1.00 bits per heavy atom. The summed E-state index contributed by atoms with van der Waals surface area (Å²) in [4.78, 5) is 0. The van der Waals surface area contributed by atoms with Crippen LogP contribution in [0.15, 0.2) is 0 Å². The minimum absolute atomic E-state index is 0. The van der Waals surface area contributed by atoms with E-state index in [1.54, 1.807) is 0 Å². The fraction of sp³-hybridized carbons (Fsp3) is 1.00. The van der Waals surface area contributed by atoms with Gasteiger partial charge in [-0.05, 0) is 0 Å². The van der Waals surface area contributed by atoms with Crippen molar-refractivity contribution in [3.05, 3.63) is 0 Å². The van der Waals surface area contributed by atoms with Gasteiger partial charge in [-0.3, -0.25) is 0 Å². The Kier molecular flexibility index (Phi) is 16.7. The molecule has 0 spiro atoms. The first kappa shape index (κ1) is 12.0. The molecule has 8 heavy (non-hydrogen) atoms. The normalized spacial score (nSPS) is 7.25. The molecule has 0 aromatic carbocycles. The fourth-order valence-corrected chi connectivity index (χ4v) is 1.66. The Balaban J connectivity index is 0. The topological polar surface area (TPSA) is 0 Å². The van der Waals surface area contributed by atoms with Crippen molar-refractivity contribution in [3.63, 3.8) is 0 Å². The summed E-state index contributed by atoms with van der Waals surface area (Å²) in [5, 5.41) is 3.02. The van der Waals surface area contributed by atoms with Crippen LogP contribution < -0.4 is 24.0 Å². The maximum absolute atomic E-state index is 2.27. The van der Waals surface area contributed by atoms with Crippen molar-refractivity contribution in [1.29, 1.82) is 0 Å². The fourth-order valence-electron chi connectivity index (χ4n) is 0.553. The zero-order valence-corrected chi connectivity index (χ0v) is 9.10. The summed E-state index contributed by atoms with van der Waals surface area (Å²) >= 11 is 0.822. The van der Waals surface area contributed by atoms with Gasteiger partial charge >= 0.3 is 52.5 Å². The molecule has 0 aliphatic heterocycles. The molecule has 0 saturated carbocycles. The maximum atomic E-state index is 2.27. The third kappa shape index (κ3) is 10.3. The van der Waals surface area contributed by atoms with Crippen LogP contribution in [0.2, 0.25) is 10.6 Å². The van der Waals surface area contributed by atoms with Gasteiger partial charge in [0.15, 0.2) is 0 Å². The first-order valence-corrected chi connectivity index (χ1v) is 4.86. The Bertz CT molecular complexity index is 27.7. The van der Waals surface area contributed by atoms with Gasteiger partial charge in [-0.1, -0.05) is 0 Å². The summed E-state index contributed by atoms with van der Waals surface area (Å²) in [5.41, 5.74) is 0. The van der Waals surface area contributed by atoms with Crippen molar-refractivity contribution in [2.45, 2.75) is 37.3 Å². The van der Waals surface area contributed by atoms with Gasteiger partial charge in [-0.25, -0.2) is 0 Å². The largest absolute Gasteiger partial charge is 1.00 e. The molecule has 0 rings (SSSR count). The quantitative estimate of drug-likeness (QED) is 0.348. The molecule has 0 nitrogen and oxygen atoms in total. The molecule has 0 unspecified atom stereocenters. The summed E-state index contributed by atoms with van der Waals surface area (Å²) in [5.74, 6) is 0. The van der Waals surface area contributed by atoms with Crippen LogP contribution in [0, 0.1) is 0 Å². The van der Waals surface area contributed by atoms with Crippen molar-refractivity contribution in [2.24, 2.45) is 0 Å². The standard InChI is InChI=1S/2C3H7.Al.HI/c2*1-3-2;;/h2*1,3H2,2H3;;1H/q;;+1;/p-1. The van der Waals surface area contributed by atoms with Gasteiger partial charge in [-0.2, -0.15) is 0 Å². The molecular formula is C6H14AlI. The summed E-state index contributed by atoms with van der Waals surface area (Å²) in [6.07, 6.45) is 2.80. The van der Waals surface area contributed by atoms with Crippen LogP contribution in [0.3, 0.4) is 0 Å². The average Bonchev–Trinajstić information content (AvgIpc) is 1.69. The summed E-state index contributed by atoms with van der Waals surface area (Å²) in [6, 6.07) is 0. The van der Waals surface area contributed by atoms with Gasteiger partial charge in [0.1, 0.15) is 0 Å². The van der Waals surface area contributed by atoms with Gasteiger partial charge in [0.25, 0.3) is 0 Å². The Hall–Kier alpha value is 1.26. The number of rotatable bonds is 4. The second-order valence-corrected chi connectivity index (χ2v) is 3.60. The smallest absolute Gasteiger partial charge is 1.00 e. The van der Waals surface area contributed by atoms with E-state index in [1.807, 2.05) is 0 Å². The predicted octanol–water partition coefficient (Wildman–Crippen LogP) is -0.649. The van der Waals surface area contributed by atoms with E-state index in [2.05, 4.69) is 13.8 Å². The van der Waals surface area contributed by atoms with E-state index < -0.39 is 0 Å². The molecule has 0 atom stereocenters.